The summed E-state index contributed by atoms with van der Waals surface area (Å²) in [4.78, 5) is 20.8. The topological polar surface area (TPSA) is 115 Å². The maximum atomic E-state index is 10.6. The summed E-state index contributed by atoms with van der Waals surface area (Å²) in [5.41, 5.74) is 4.57. The third kappa shape index (κ3) is 26.9. The number of primary amides is 1. The third-order valence-electron chi connectivity index (χ3n) is 5.49. The van der Waals surface area contributed by atoms with E-state index in [1.807, 2.05) is 6.92 Å². The van der Waals surface area contributed by atoms with Crippen LogP contribution in [-0.2, 0) is 9.59 Å². The number of carbonyl (C=O) groups is 2. The summed E-state index contributed by atoms with van der Waals surface area (Å²) in [5.74, 6) is -0.875. The smallest absolute Gasteiger partial charge is 0.309 e. The van der Waals surface area contributed by atoms with Crippen LogP contribution in [0.2, 0.25) is 0 Å². The van der Waals surface area contributed by atoms with Gasteiger partial charge in [-0.1, -0.05) is 104 Å². The first-order valence-corrected chi connectivity index (χ1v) is 11.8. The van der Waals surface area contributed by atoms with Gasteiger partial charge in [0, 0.05) is 6.42 Å². The Bertz CT molecular complexity index is 371. The van der Waals surface area contributed by atoms with Gasteiger partial charge in [-0.25, -0.2) is 0 Å². The maximum Gasteiger partial charge on any atom is 0.309 e. The molecule has 0 aromatic rings. The Morgan fingerprint density at radius 1 is 0.690 bits per heavy atom. The predicted octanol–water partition coefficient (Wildman–Crippen LogP) is 7.40. The lowest BCUT2D eigenvalue weighted by molar-refractivity contribution is -0.147. The van der Waals surface area contributed by atoms with Crippen molar-refractivity contribution < 1.29 is 14.7 Å². The van der Waals surface area contributed by atoms with Gasteiger partial charge in [-0.15, -0.1) is 0 Å². The van der Waals surface area contributed by atoms with E-state index in [0.29, 0.717) is 12.8 Å². The minimum Gasteiger partial charge on any atom is -0.481 e. The first kappa shape index (κ1) is 32.6. The summed E-state index contributed by atoms with van der Waals surface area (Å²) in [6.07, 6.45) is 21.6. The Morgan fingerprint density at radius 3 is 1.21 bits per heavy atom. The second kappa shape index (κ2) is 23.2. The first-order chi connectivity index (χ1) is 13.3. The zero-order chi connectivity index (χ0) is 21.7. The van der Waals surface area contributed by atoms with E-state index in [9.17, 15) is 9.59 Å². The number of carbonyl (C=O) groups excluding carboxylic acids is 1. The highest BCUT2D eigenvalue weighted by Crippen LogP contribution is 2.18. The van der Waals surface area contributed by atoms with Gasteiger partial charge in [0.1, 0.15) is 0 Å². The highest BCUT2D eigenvalue weighted by molar-refractivity contribution is 5.73. The first-order valence-electron chi connectivity index (χ1n) is 11.8. The Hall–Kier alpha value is -1.10. The molecule has 29 heavy (non-hydrogen) atoms. The zero-order valence-electron chi connectivity index (χ0n) is 20.1. The number of hydrogen-bond acceptors (Lipinski definition) is 3. The van der Waals surface area contributed by atoms with Crippen LogP contribution in [0.15, 0.2) is 0 Å². The highest BCUT2D eigenvalue weighted by atomic mass is 16.4. The third-order valence-corrected chi connectivity index (χ3v) is 5.49. The molecule has 0 aliphatic carbocycles. The SMILES string of the molecule is CCC(C)(C)C(=O)O.CCCCCCCCCCCCCCCCCC(N)=O.N. The highest BCUT2D eigenvalue weighted by Gasteiger charge is 2.23. The van der Waals surface area contributed by atoms with Crippen molar-refractivity contribution in [2.45, 2.75) is 137 Å². The van der Waals surface area contributed by atoms with Crippen LogP contribution in [0.3, 0.4) is 0 Å². The van der Waals surface area contributed by atoms with Gasteiger partial charge < -0.3 is 17.0 Å². The van der Waals surface area contributed by atoms with Crippen molar-refractivity contribution >= 4 is 11.9 Å². The lowest BCUT2D eigenvalue weighted by Gasteiger charge is -2.14. The predicted molar refractivity (Wildman–Crippen MR) is 125 cm³/mol. The Balaban J connectivity index is -0.000000636. The van der Waals surface area contributed by atoms with E-state index in [1.165, 1.54) is 89.9 Å². The number of hydrogen-bond donors (Lipinski definition) is 3. The van der Waals surface area contributed by atoms with Crippen molar-refractivity contribution in [3.8, 4) is 0 Å². The second-order valence-corrected chi connectivity index (χ2v) is 8.71. The molecule has 5 heteroatoms. The van der Waals surface area contributed by atoms with Gasteiger partial charge in [0.05, 0.1) is 5.41 Å². The van der Waals surface area contributed by atoms with E-state index in [0.717, 1.165) is 6.42 Å². The van der Waals surface area contributed by atoms with Gasteiger partial charge in [-0.2, -0.15) is 0 Å². The largest absolute Gasteiger partial charge is 0.481 e. The number of carboxylic acid groups (broad SMARTS) is 1. The quantitative estimate of drug-likeness (QED) is 0.202. The van der Waals surface area contributed by atoms with Crippen molar-refractivity contribution in [1.82, 2.24) is 6.15 Å². The fourth-order valence-electron chi connectivity index (χ4n) is 2.82. The lowest BCUT2D eigenvalue weighted by Crippen LogP contribution is -2.21. The number of amides is 1. The molecule has 0 radical (unpaired) electrons. The van der Waals surface area contributed by atoms with Crippen molar-refractivity contribution in [1.29, 1.82) is 0 Å². The van der Waals surface area contributed by atoms with Gasteiger partial charge in [-0.05, 0) is 26.7 Å². The average Bonchev–Trinajstić information content (AvgIpc) is 2.65. The molecule has 0 aromatic heterocycles. The van der Waals surface area contributed by atoms with Crippen molar-refractivity contribution in [2.24, 2.45) is 11.1 Å². The number of rotatable bonds is 18. The van der Waals surface area contributed by atoms with Crippen LogP contribution in [0.1, 0.15) is 137 Å². The Labute approximate surface area is 181 Å². The van der Waals surface area contributed by atoms with Crippen LogP contribution < -0.4 is 11.9 Å². The number of nitrogens with two attached hydrogens (primary N) is 1. The fourth-order valence-corrected chi connectivity index (χ4v) is 2.82. The second-order valence-electron chi connectivity index (χ2n) is 8.71. The molecule has 0 unspecified atom stereocenters. The summed E-state index contributed by atoms with van der Waals surface area (Å²) >= 11 is 0. The molecule has 0 bridgehead atoms. The minimum absolute atomic E-state index is 0. The van der Waals surface area contributed by atoms with Crippen LogP contribution in [0.25, 0.3) is 0 Å². The van der Waals surface area contributed by atoms with E-state index in [-0.39, 0.29) is 12.1 Å². The van der Waals surface area contributed by atoms with E-state index in [1.54, 1.807) is 13.8 Å². The standard InChI is InChI=1S/C18H37NO.C6H12O2.H3N/c1-2-3-4-5-6-7-8-9-10-11-12-13-14-15-16-17-18(19)20;1-4-6(2,3)5(7)8;/h2-17H2,1H3,(H2,19,20);4H2,1-3H3,(H,7,8);1H3. The van der Waals surface area contributed by atoms with Gasteiger partial charge in [0.2, 0.25) is 5.91 Å². The van der Waals surface area contributed by atoms with Crippen LogP contribution >= 0.6 is 0 Å². The van der Waals surface area contributed by atoms with E-state index in [4.69, 9.17) is 10.8 Å². The van der Waals surface area contributed by atoms with E-state index in [2.05, 4.69) is 6.92 Å². The summed E-state index contributed by atoms with van der Waals surface area (Å²) in [7, 11) is 0. The summed E-state index contributed by atoms with van der Waals surface area (Å²) < 4.78 is 0. The molecule has 1 amide bonds. The van der Waals surface area contributed by atoms with E-state index < -0.39 is 11.4 Å². The molecule has 0 atom stereocenters. The molecule has 0 spiro atoms. The lowest BCUT2D eigenvalue weighted by atomic mass is 9.91. The molecular weight excluding hydrogens is 364 g/mol. The normalized spacial score (nSPS) is 10.6. The van der Waals surface area contributed by atoms with Crippen molar-refractivity contribution in [3.63, 3.8) is 0 Å². The van der Waals surface area contributed by atoms with Crippen LogP contribution in [0, 0.1) is 5.41 Å². The van der Waals surface area contributed by atoms with Crippen LogP contribution in [-0.4, -0.2) is 17.0 Å². The van der Waals surface area contributed by atoms with Gasteiger partial charge in [-0.3, -0.25) is 9.59 Å². The van der Waals surface area contributed by atoms with E-state index >= 15 is 0 Å². The van der Waals surface area contributed by atoms with Crippen molar-refractivity contribution in [3.05, 3.63) is 0 Å². The zero-order valence-corrected chi connectivity index (χ0v) is 20.1. The Kier molecular flexibility index (Phi) is 26.0. The Morgan fingerprint density at radius 2 is 1.00 bits per heavy atom. The fraction of sp³-hybridized carbons (Fsp3) is 0.917. The number of aliphatic carboxylic acids is 1. The van der Waals surface area contributed by atoms with Crippen LogP contribution in [0.5, 0.6) is 0 Å². The summed E-state index contributed by atoms with van der Waals surface area (Å²) in [5, 5.41) is 8.44. The molecule has 0 heterocycles. The molecule has 0 aromatic carbocycles. The molecule has 176 valence electrons. The van der Waals surface area contributed by atoms with Crippen LogP contribution in [0.4, 0.5) is 0 Å². The molecule has 0 saturated carbocycles. The maximum absolute atomic E-state index is 10.6. The minimum atomic E-state index is -0.722. The number of unbranched alkanes of at least 4 members (excludes halogenated alkanes) is 14. The van der Waals surface area contributed by atoms with Gasteiger partial charge in [0.25, 0.3) is 0 Å². The molecule has 5 nitrogen and oxygen atoms in total. The summed E-state index contributed by atoms with van der Waals surface area (Å²) in [6.45, 7) is 7.58. The molecule has 0 rings (SSSR count). The summed E-state index contributed by atoms with van der Waals surface area (Å²) in [6, 6.07) is 0. The van der Waals surface area contributed by atoms with Gasteiger partial charge in [0.15, 0.2) is 0 Å². The monoisotopic (exact) mass is 416 g/mol. The molecule has 0 saturated heterocycles. The number of carboxylic acids is 1. The molecule has 0 aliphatic rings. The van der Waals surface area contributed by atoms with Gasteiger partial charge >= 0.3 is 5.97 Å². The average molecular weight is 417 g/mol. The molecule has 0 fully saturated rings. The molecular formula is C24H52N2O3. The molecule has 0 aliphatic heterocycles. The van der Waals surface area contributed by atoms with Crippen molar-refractivity contribution in [2.75, 3.05) is 0 Å². The molecule has 6 N–H and O–H groups in total.